The van der Waals surface area contributed by atoms with Gasteiger partial charge in [0.05, 0.1) is 14.2 Å². The van der Waals surface area contributed by atoms with Gasteiger partial charge in [-0.05, 0) is 60.8 Å². The fourth-order valence-corrected chi connectivity index (χ4v) is 3.30. The van der Waals surface area contributed by atoms with Crippen molar-refractivity contribution in [2.75, 3.05) is 32.6 Å². The summed E-state index contributed by atoms with van der Waals surface area (Å²) in [4.78, 5) is 23.8. The first-order chi connectivity index (χ1) is 13.6. The molecule has 3 rings (SSSR count). The largest absolute Gasteiger partial charge is 0.493 e. The van der Waals surface area contributed by atoms with E-state index in [1.807, 2.05) is 30.3 Å². The summed E-state index contributed by atoms with van der Waals surface area (Å²) in [5.41, 5.74) is 3.71. The minimum atomic E-state index is 0.0326. The molecule has 0 saturated heterocycles. The Kier molecular flexibility index (Phi) is 6.66. The Morgan fingerprint density at radius 1 is 1.04 bits per heavy atom. The van der Waals surface area contributed by atoms with E-state index in [0.29, 0.717) is 31.4 Å². The number of rotatable bonds is 9. The number of Topliss-reactive ketones (excluding diaryl/α,β-unsaturated/α-hetero) is 1. The molecule has 1 amide bonds. The molecule has 1 aliphatic heterocycles. The number of nitrogens with one attached hydrogen (secondary N) is 2. The molecule has 2 aromatic carbocycles. The maximum Gasteiger partial charge on any atom is 0.224 e. The van der Waals surface area contributed by atoms with Crippen LogP contribution in [0, 0.1) is 0 Å². The predicted octanol–water partition coefficient (Wildman–Crippen LogP) is 2.99. The summed E-state index contributed by atoms with van der Waals surface area (Å²) in [7, 11) is 3.24. The summed E-state index contributed by atoms with van der Waals surface area (Å²) >= 11 is 0. The number of hydrogen-bond donors (Lipinski definition) is 2. The molecule has 6 heteroatoms. The van der Waals surface area contributed by atoms with Crippen LogP contribution in [-0.2, 0) is 17.6 Å². The molecule has 0 unspecified atom stereocenters. The molecule has 0 radical (unpaired) electrons. The van der Waals surface area contributed by atoms with E-state index < -0.39 is 0 Å². The minimum Gasteiger partial charge on any atom is -0.493 e. The van der Waals surface area contributed by atoms with Crippen LogP contribution in [0.25, 0.3) is 0 Å². The molecular weight excluding hydrogens is 356 g/mol. The number of fused-ring (bicyclic) bond motifs is 1. The molecule has 6 nitrogen and oxygen atoms in total. The van der Waals surface area contributed by atoms with Gasteiger partial charge in [0.15, 0.2) is 17.3 Å². The van der Waals surface area contributed by atoms with Gasteiger partial charge < -0.3 is 20.1 Å². The van der Waals surface area contributed by atoms with Gasteiger partial charge in [-0.3, -0.25) is 9.59 Å². The average Bonchev–Trinajstić information content (AvgIpc) is 2.72. The van der Waals surface area contributed by atoms with Crippen LogP contribution in [0.15, 0.2) is 36.4 Å². The van der Waals surface area contributed by atoms with Gasteiger partial charge in [-0.1, -0.05) is 6.07 Å². The van der Waals surface area contributed by atoms with Gasteiger partial charge >= 0.3 is 0 Å². The van der Waals surface area contributed by atoms with E-state index >= 15 is 0 Å². The number of amides is 1. The highest BCUT2D eigenvalue weighted by Gasteiger charge is 2.16. The highest BCUT2D eigenvalue weighted by molar-refractivity contribution is 5.99. The van der Waals surface area contributed by atoms with Gasteiger partial charge in [-0.15, -0.1) is 0 Å². The first kappa shape index (κ1) is 19.9. The van der Waals surface area contributed by atoms with Crippen LogP contribution in [0.2, 0.25) is 0 Å². The summed E-state index contributed by atoms with van der Waals surface area (Å²) in [6, 6.07) is 11.4. The van der Waals surface area contributed by atoms with E-state index in [1.165, 1.54) is 0 Å². The fourth-order valence-electron chi connectivity index (χ4n) is 3.30. The van der Waals surface area contributed by atoms with Crippen molar-refractivity contribution in [3.63, 3.8) is 0 Å². The second-order valence-corrected chi connectivity index (χ2v) is 6.78. The third-order valence-electron chi connectivity index (χ3n) is 4.89. The molecule has 0 fully saturated rings. The zero-order chi connectivity index (χ0) is 19.9. The normalized spacial score (nSPS) is 12.9. The highest BCUT2D eigenvalue weighted by Crippen LogP contribution is 2.27. The Bertz CT molecular complexity index is 864. The summed E-state index contributed by atoms with van der Waals surface area (Å²) in [5.74, 6) is 1.58. The Hall–Kier alpha value is -2.86. The summed E-state index contributed by atoms with van der Waals surface area (Å²) in [6.07, 6.45) is 2.44. The quantitative estimate of drug-likeness (QED) is 0.515. The molecule has 1 heterocycles. The summed E-state index contributed by atoms with van der Waals surface area (Å²) in [5, 5.41) is 6.16. The van der Waals surface area contributed by atoms with Gasteiger partial charge in [0, 0.05) is 30.6 Å². The molecule has 1 aliphatic rings. The number of hydrogen-bond acceptors (Lipinski definition) is 5. The van der Waals surface area contributed by atoms with Crippen molar-refractivity contribution >= 4 is 17.4 Å². The van der Waals surface area contributed by atoms with Crippen LogP contribution in [0.5, 0.6) is 11.5 Å². The first-order valence-electron chi connectivity index (χ1n) is 9.48. The van der Waals surface area contributed by atoms with Gasteiger partial charge in [0.1, 0.15) is 0 Å². The molecule has 0 saturated carbocycles. The fraction of sp³-hybridized carbons (Fsp3) is 0.364. The van der Waals surface area contributed by atoms with E-state index in [4.69, 9.17) is 9.47 Å². The van der Waals surface area contributed by atoms with E-state index in [9.17, 15) is 9.59 Å². The Balaban J connectivity index is 1.44. The average molecular weight is 382 g/mol. The molecular formula is C22H26N2O4. The Morgan fingerprint density at radius 2 is 1.86 bits per heavy atom. The number of carbonyl (C=O) groups excluding carboxylic acids is 2. The third kappa shape index (κ3) is 4.89. The van der Waals surface area contributed by atoms with Crippen molar-refractivity contribution in [2.45, 2.75) is 25.7 Å². The van der Waals surface area contributed by atoms with Crippen LogP contribution in [0.1, 0.15) is 34.3 Å². The van der Waals surface area contributed by atoms with Crippen LogP contribution in [0.3, 0.4) is 0 Å². The number of carbonyl (C=O) groups is 2. The Morgan fingerprint density at radius 3 is 2.64 bits per heavy atom. The number of aryl methyl sites for hydroxylation is 1. The second kappa shape index (κ2) is 9.37. The van der Waals surface area contributed by atoms with Crippen LogP contribution < -0.4 is 20.1 Å². The van der Waals surface area contributed by atoms with Crippen molar-refractivity contribution in [3.05, 3.63) is 53.1 Å². The van der Waals surface area contributed by atoms with Crippen LogP contribution in [0.4, 0.5) is 5.69 Å². The van der Waals surface area contributed by atoms with E-state index in [-0.39, 0.29) is 11.7 Å². The number of benzene rings is 2. The van der Waals surface area contributed by atoms with Crippen molar-refractivity contribution < 1.29 is 19.1 Å². The zero-order valence-corrected chi connectivity index (χ0v) is 16.3. The second-order valence-electron chi connectivity index (χ2n) is 6.78. The van der Waals surface area contributed by atoms with Crippen LogP contribution >= 0.6 is 0 Å². The molecule has 0 atom stereocenters. The van der Waals surface area contributed by atoms with Crippen molar-refractivity contribution in [2.24, 2.45) is 0 Å². The zero-order valence-electron chi connectivity index (χ0n) is 16.3. The molecule has 2 N–H and O–H groups in total. The molecule has 28 heavy (non-hydrogen) atoms. The van der Waals surface area contributed by atoms with Crippen molar-refractivity contribution in [1.29, 1.82) is 0 Å². The smallest absolute Gasteiger partial charge is 0.224 e. The number of anilines is 1. The molecule has 2 aromatic rings. The van der Waals surface area contributed by atoms with Crippen LogP contribution in [-0.4, -0.2) is 39.0 Å². The molecule has 0 aromatic heterocycles. The third-order valence-corrected chi connectivity index (χ3v) is 4.89. The van der Waals surface area contributed by atoms with Gasteiger partial charge in [-0.2, -0.15) is 0 Å². The first-order valence-corrected chi connectivity index (χ1v) is 9.48. The predicted molar refractivity (Wildman–Crippen MR) is 108 cm³/mol. The molecule has 0 bridgehead atoms. The lowest BCUT2D eigenvalue weighted by Crippen LogP contribution is -2.22. The van der Waals surface area contributed by atoms with E-state index in [0.717, 1.165) is 41.3 Å². The molecule has 0 aliphatic carbocycles. The highest BCUT2D eigenvalue weighted by atomic mass is 16.5. The standard InChI is InChI=1S/C22H26N2O4/c1-27-20-7-3-15(13-21(20)28-2)9-11-23-12-10-19(25)17-4-6-18-16(14-17)5-8-22(26)24-18/h3-4,6-7,13-14,23H,5,8-12H2,1-2H3,(H,24,26). The molecule has 0 spiro atoms. The van der Waals surface area contributed by atoms with E-state index in [1.54, 1.807) is 20.3 Å². The van der Waals surface area contributed by atoms with Crippen molar-refractivity contribution in [3.8, 4) is 11.5 Å². The lowest BCUT2D eigenvalue weighted by atomic mass is 9.98. The number of ether oxygens (including phenoxy) is 2. The van der Waals surface area contributed by atoms with E-state index in [2.05, 4.69) is 10.6 Å². The lowest BCUT2D eigenvalue weighted by molar-refractivity contribution is -0.116. The van der Waals surface area contributed by atoms with Gasteiger partial charge in [0.2, 0.25) is 5.91 Å². The monoisotopic (exact) mass is 382 g/mol. The van der Waals surface area contributed by atoms with Gasteiger partial charge in [0.25, 0.3) is 0 Å². The summed E-state index contributed by atoms with van der Waals surface area (Å²) in [6.45, 7) is 1.40. The topological polar surface area (TPSA) is 76.7 Å². The number of ketones is 1. The number of methoxy groups -OCH3 is 2. The maximum atomic E-state index is 12.4. The molecule has 148 valence electrons. The van der Waals surface area contributed by atoms with Gasteiger partial charge in [-0.25, -0.2) is 0 Å². The SMILES string of the molecule is COc1ccc(CCNCCC(=O)c2ccc3c(c2)CCC(=O)N3)cc1OC. The lowest BCUT2D eigenvalue weighted by Gasteiger charge is -2.17. The van der Waals surface area contributed by atoms with Crippen molar-refractivity contribution in [1.82, 2.24) is 5.32 Å². The Labute approximate surface area is 165 Å². The summed E-state index contributed by atoms with van der Waals surface area (Å²) < 4.78 is 10.6. The maximum absolute atomic E-state index is 12.4. The minimum absolute atomic E-state index is 0.0326.